The molecule has 20 heavy (non-hydrogen) atoms. The summed E-state index contributed by atoms with van der Waals surface area (Å²) in [4.78, 5) is 1.51. The second-order valence-corrected chi connectivity index (χ2v) is 10.1. The van der Waals surface area contributed by atoms with Crippen LogP contribution in [0, 0.1) is 0 Å². The Labute approximate surface area is 128 Å². The average Bonchev–Trinajstić information content (AvgIpc) is 3.10. The van der Waals surface area contributed by atoms with E-state index in [9.17, 15) is 0 Å². The first-order valence-corrected chi connectivity index (χ1v) is 10.4. The zero-order valence-electron chi connectivity index (χ0n) is 10.7. The highest BCUT2D eigenvalue weighted by Crippen LogP contribution is 2.60. The van der Waals surface area contributed by atoms with Crippen LogP contribution in [-0.4, -0.2) is 4.86 Å². The van der Waals surface area contributed by atoms with Gasteiger partial charge in [-0.05, 0) is 21.9 Å². The summed E-state index contributed by atoms with van der Waals surface area (Å²) in [6, 6.07) is 21.4. The highest BCUT2D eigenvalue weighted by molar-refractivity contribution is 9.17. The number of rotatable bonds is 2. The molecule has 0 nitrogen and oxygen atoms in total. The van der Waals surface area contributed by atoms with Crippen LogP contribution < -0.4 is 0 Å². The molecular formula is C17H12S3. The Morgan fingerprint density at radius 1 is 0.600 bits per heavy atom. The first kappa shape index (κ1) is 12.6. The minimum atomic E-state index is 0.236. The van der Waals surface area contributed by atoms with E-state index in [2.05, 4.69) is 71.5 Å². The Morgan fingerprint density at radius 3 is 1.50 bits per heavy atom. The fraction of sp³-hybridized carbons (Fsp3) is 0. The van der Waals surface area contributed by atoms with Crippen LogP contribution in [0.4, 0.5) is 0 Å². The molecular weight excluding hydrogens is 300 g/mol. The van der Waals surface area contributed by atoms with Crippen molar-refractivity contribution in [2.24, 2.45) is 0 Å². The van der Waals surface area contributed by atoms with Gasteiger partial charge in [-0.1, -0.05) is 90.8 Å². The maximum Gasteiger partial charge on any atom is 0.0353 e. The van der Waals surface area contributed by atoms with E-state index >= 15 is 0 Å². The van der Waals surface area contributed by atoms with Gasteiger partial charge in [0.1, 0.15) is 0 Å². The molecule has 0 saturated heterocycles. The van der Waals surface area contributed by atoms with Crippen molar-refractivity contribution in [2.45, 2.75) is 0 Å². The molecule has 0 atom stereocenters. The van der Waals surface area contributed by atoms with Crippen molar-refractivity contribution in [3.8, 4) is 0 Å². The van der Waals surface area contributed by atoms with Crippen molar-refractivity contribution < 1.29 is 0 Å². The normalized spacial score (nSPS) is 17.9. The molecule has 98 valence electrons. The largest absolute Gasteiger partial charge is 0.0622 e. The van der Waals surface area contributed by atoms with E-state index in [1.165, 1.54) is 27.1 Å². The second kappa shape index (κ2) is 5.32. The molecule has 2 aromatic carbocycles. The lowest BCUT2D eigenvalue weighted by atomic mass is 9.96. The molecule has 0 bridgehead atoms. The fourth-order valence-corrected chi connectivity index (χ4v) is 8.35. The summed E-state index contributed by atoms with van der Waals surface area (Å²) in [6.45, 7) is 0. The van der Waals surface area contributed by atoms with Crippen LogP contribution in [0.5, 0.6) is 0 Å². The Hall–Kier alpha value is -1.16. The molecule has 0 aliphatic carbocycles. The summed E-state index contributed by atoms with van der Waals surface area (Å²) in [7, 11) is 4.14. The molecule has 3 heteroatoms. The van der Waals surface area contributed by atoms with Crippen LogP contribution in [0.15, 0.2) is 71.5 Å². The lowest BCUT2D eigenvalue weighted by molar-refractivity contribution is 1.63. The van der Waals surface area contributed by atoms with Crippen molar-refractivity contribution in [3.63, 3.8) is 0 Å². The summed E-state index contributed by atoms with van der Waals surface area (Å²) >= 11 is 0. The minimum Gasteiger partial charge on any atom is -0.0622 e. The number of hydrogen-bond acceptors (Lipinski definition) is 2. The summed E-state index contributed by atoms with van der Waals surface area (Å²) in [6.07, 6.45) is 0. The molecule has 0 amide bonds. The molecule has 0 unspecified atom stereocenters. The number of hydrogen-bond donors (Lipinski definition) is 0. The van der Waals surface area contributed by atoms with Gasteiger partial charge in [0, 0.05) is 16.0 Å². The molecule has 0 aromatic heterocycles. The molecule has 2 aliphatic rings. The summed E-state index contributed by atoms with van der Waals surface area (Å²) < 4.78 is 0. The third-order valence-electron chi connectivity index (χ3n) is 3.33. The van der Waals surface area contributed by atoms with Gasteiger partial charge in [-0.2, -0.15) is 0 Å². The summed E-state index contributed by atoms with van der Waals surface area (Å²) in [5.74, 6) is 0. The maximum atomic E-state index is 2.33. The van der Waals surface area contributed by atoms with Crippen molar-refractivity contribution in [1.82, 2.24) is 0 Å². The molecule has 2 heterocycles. The van der Waals surface area contributed by atoms with Crippen LogP contribution in [0.1, 0.15) is 11.1 Å². The first-order chi connectivity index (χ1) is 9.93. The average molecular weight is 312 g/mol. The lowest BCUT2D eigenvalue weighted by Crippen LogP contribution is -2.00. The molecule has 2 aliphatic heterocycles. The standard InChI is InChI=1S/C17H12S3/c1-3-7-13(8-4-1)15-11-18-20-17(15)16(12-19-20)14-9-5-2-6-10-14/h1-12H. The SMILES string of the molecule is C1=C(c2ccccc2)C2=S(S1)SC=C2c1ccccc1. The van der Waals surface area contributed by atoms with Crippen molar-refractivity contribution in [3.05, 3.63) is 82.6 Å². The van der Waals surface area contributed by atoms with Gasteiger partial charge in [-0.25, -0.2) is 0 Å². The van der Waals surface area contributed by atoms with E-state index in [1.54, 1.807) is 0 Å². The molecule has 4 rings (SSSR count). The highest BCUT2D eigenvalue weighted by Gasteiger charge is 2.27. The van der Waals surface area contributed by atoms with Gasteiger partial charge < -0.3 is 0 Å². The predicted octanol–water partition coefficient (Wildman–Crippen LogP) is 5.83. The Kier molecular flexibility index (Phi) is 3.34. The van der Waals surface area contributed by atoms with Gasteiger partial charge >= 0.3 is 0 Å². The molecule has 2 aromatic rings. The third-order valence-corrected chi connectivity index (χ3v) is 9.16. The smallest absolute Gasteiger partial charge is 0.0353 e. The van der Waals surface area contributed by atoms with Gasteiger partial charge in [0.2, 0.25) is 0 Å². The van der Waals surface area contributed by atoms with Crippen LogP contribution >= 0.6 is 30.1 Å². The Bertz CT molecular complexity index is 677. The molecule has 0 spiro atoms. The third kappa shape index (κ3) is 2.10. The van der Waals surface area contributed by atoms with Crippen LogP contribution in [0.2, 0.25) is 0 Å². The van der Waals surface area contributed by atoms with Gasteiger partial charge in [0.05, 0.1) is 0 Å². The summed E-state index contributed by atoms with van der Waals surface area (Å²) in [5.41, 5.74) is 5.46. The van der Waals surface area contributed by atoms with Crippen LogP contribution in [0.25, 0.3) is 11.1 Å². The fourth-order valence-electron chi connectivity index (χ4n) is 2.37. The molecule has 0 saturated carbocycles. The molecule has 0 radical (unpaired) electrons. The Morgan fingerprint density at radius 2 is 1.05 bits per heavy atom. The van der Waals surface area contributed by atoms with Gasteiger partial charge in [0.15, 0.2) is 0 Å². The first-order valence-electron chi connectivity index (χ1n) is 6.41. The predicted molar refractivity (Wildman–Crippen MR) is 96.6 cm³/mol. The maximum absolute atomic E-state index is 2.33. The van der Waals surface area contributed by atoms with Crippen molar-refractivity contribution in [2.75, 3.05) is 0 Å². The van der Waals surface area contributed by atoms with Gasteiger partial charge in [0.25, 0.3) is 0 Å². The number of benzene rings is 2. The second-order valence-electron chi connectivity index (χ2n) is 4.55. The molecule has 0 N–H and O–H groups in total. The monoisotopic (exact) mass is 312 g/mol. The van der Waals surface area contributed by atoms with Crippen molar-refractivity contribution in [1.29, 1.82) is 0 Å². The Balaban J connectivity index is 1.78. The zero-order chi connectivity index (χ0) is 13.4. The number of allylic oxidation sites excluding steroid dienone is 2. The van der Waals surface area contributed by atoms with E-state index in [4.69, 9.17) is 0 Å². The van der Waals surface area contributed by atoms with E-state index in [1.807, 2.05) is 21.6 Å². The molecule has 0 fully saturated rings. The van der Waals surface area contributed by atoms with Crippen LogP contribution in [0.3, 0.4) is 0 Å². The van der Waals surface area contributed by atoms with Crippen LogP contribution in [-0.2, 0) is 0 Å². The van der Waals surface area contributed by atoms with Gasteiger partial charge in [-0.15, -0.1) is 0 Å². The van der Waals surface area contributed by atoms with E-state index in [-0.39, 0.29) is 8.55 Å². The van der Waals surface area contributed by atoms with Gasteiger partial charge in [-0.3, -0.25) is 0 Å². The topological polar surface area (TPSA) is 0 Å². The van der Waals surface area contributed by atoms with E-state index in [0.717, 1.165) is 0 Å². The summed E-state index contributed by atoms with van der Waals surface area (Å²) in [5, 5.41) is 4.66. The lowest BCUT2D eigenvalue weighted by Gasteiger charge is -2.10. The zero-order valence-corrected chi connectivity index (χ0v) is 13.1. The van der Waals surface area contributed by atoms with E-state index < -0.39 is 0 Å². The van der Waals surface area contributed by atoms with Crippen molar-refractivity contribution >= 4 is 46.1 Å². The quantitative estimate of drug-likeness (QED) is 0.505. The minimum absolute atomic E-state index is 0.236. The van der Waals surface area contributed by atoms with E-state index in [0.29, 0.717) is 0 Å². The highest BCUT2D eigenvalue weighted by atomic mass is 33.5.